The van der Waals surface area contributed by atoms with E-state index in [1.54, 1.807) is 0 Å². The third-order valence-corrected chi connectivity index (χ3v) is 3.63. The van der Waals surface area contributed by atoms with Gasteiger partial charge < -0.3 is 15.5 Å². The van der Waals surface area contributed by atoms with Crippen LogP contribution < -0.4 is 10.6 Å². The van der Waals surface area contributed by atoms with Crippen LogP contribution in [-0.2, 0) is 0 Å². The number of hydrogen-bond acceptors (Lipinski definition) is 2. The molecule has 0 aromatic rings. The molecule has 1 aliphatic rings. The summed E-state index contributed by atoms with van der Waals surface area (Å²) in [7, 11) is 4.29. The fraction of sp³-hybridized carbons (Fsp3) is 0.812. The minimum absolute atomic E-state index is 0.507. The van der Waals surface area contributed by atoms with Crippen molar-refractivity contribution in [2.24, 2.45) is 10.9 Å². The molecule has 0 heterocycles. The van der Waals surface area contributed by atoms with Gasteiger partial charge in [0.25, 0.3) is 0 Å². The monoisotopic (exact) mass is 280 g/mol. The van der Waals surface area contributed by atoms with Crippen LogP contribution in [0.3, 0.4) is 0 Å². The van der Waals surface area contributed by atoms with Crippen molar-refractivity contribution in [3.63, 3.8) is 0 Å². The molecule has 0 aromatic carbocycles. The molecule has 0 spiro atoms. The Morgan fingerprint density at radius 2 is 1.95 bits per heavy atom. The Morgan fingerprint density at radius 1 is 1.30 bits per heavy atom. The summed E-state index contributed by atoms with van der Waals surface area (Å²) in [5.41, 5.74) is 0. The lowest BCUT2D eigenvalue weighted by molar-refractivity contribution is 0.261. The van der Waals surface area contributed by atoms with E-state index in [4.69, 9.17) is 4.99 Å². The molecule has 0 radical (unpaired) electrons. The van der Waals surface area contributed by atoms with Gasteiger partial charge in [0.05, 0.1) is 6.54 Å². The Morgan fingerprint density at radius 3 is 2.45 bits per heavy atom. The topological polar surface area (TPSA) is 39.7 Å². The standard InChI is InChI=1S/C16H32N4/c1-6-17-16(19-14-9-7-8-10-14)18-12-15(20(4)5)11-13(2)3/h7-8,13-15H,6,9-12H2,1-5H3,(H2,17,18,19). The number of nitrogens with zero attached hydrogens (tertiary/aromatic N) is 2. The van der Waals surface area contributed by atoms with Crippen molar-refractivity contribution in [2.45, 2.75) is 52.1 Å². The number of guanidine groups is 1. The highest BCUT2D eigenvalue weighted by Crippen LogP contribution is 2.10. The van der Waals surface area contributed by atoms with Gasteiger partial charge in [0.2, 0.25) is 0 Å². The predicted molar refractivity (Wildman–Crippen MR) is 88.2 cm³/mol. The van der Waals surface area contributed by atoms with E-state index in [1.165, 1.54) is 6.42 Å². The summed E-state index contributed by atoms with van der Waals surface area (Å²) in [4.78, 5) is 7.06. The third-order valence-electron chi connectivity index (χ3n) is 3.63. The quantitative estimate of drug-likeness (QED) is 0.427. The van der Waals surface area contributed by atoms with E-state index >= 15 is 0 Å². The molecular formula is C16H32N4. The van der Waals surface area contributed by atoms with Crippen molar-refractivity contribution in [2.75, 3.05) is 27.2 Å². The van der Waals surface area contributed by atoms with E-state index in [-0.39, 0.29) is 0 Å². The van der Waals surface area contributed by atoms with E-state index < -0.39 is 0 Å². The Hall–Kier alpha value is -1.03. The zero-order valence-electron chi connectivity index (χ0n) is 13.8. The Kier molecular flexibility index (Phi) is 7.67. The average molecular weight is 280 g/mol. The van der Waals surface area contributed by atoms with Gasteiger partial charge in [0, 0.05) is 18.6 Å². The summed E-state index contributed by atoms with van der Waals surface area (Å²) in [6.07, 6.45) is 7.87. The van der Waals surface area contributed by atoms with E-state index in [0.29, 0.717) is 18.0 Å². The molecule has 0 amide bonds. The molecule has 0 bridgehead atoms. The molecule has 1 rings (SSSR count). The highest BCUT2D eigenvalue weighted by Gasteiger charge is 2.15. The first-order chi connectivity index (χ1) is 9.52. The molecule has 0 aromatic heterocycles. The van der Waals surface area contributed by atoms with Crippen molar-refractivity contribution in [1.29, 1.82) is 0 Å². The summed E-state index contributed by atoms with van der Waals surface area (Å²) in [6.45, 7) is 8.41. The molecule has 0 aliphatic heterocycles. The van der Waals surface area contributed by atoms with Crippen LogP contribution in [0.2, 0.25) is 0 Å². The van der Waals surface area contributed by atoms with Gasteiger partial charge in [-0.15, -0.1) is 0 Å². The molecule has 2 N–H and O–H groups in total. The number of rotatable bonds is 7. The first-order valence-corrected chi connectivity index (χ1v) is 7.89. The van der Waals surface area contributed by atoms with Gasteiger partial charge in [0.1, 0.15) is 0 Å². The van der Waals surface area contributed by atoms with E-state index in [1.807, 2.05) is 0 Å². The molecule has 0 saturated carbocycles. The summed E-state index contributed by atoms with van der Waals surface area (Å²) >= 11 is 0. The summed E-state index contributed by atoms with van der Waals surface area (Å²) in [5, 5.41) is 6.87. The Labute approximate surface area is 124 Å². The van der Waals surface area contributed by atoms with Crippen LogP contribution in [0.1, 0.15) is 40.0 Å². The van der Waals surface area contributed by atoms with Crippen LogP contribution in [0.25, 0.3) is 0 Å². The van der Waals surface area contributed by atoms with Gasteiger partial charge in [-0.2, -0.15) is 0 Å². The van der Waals surface area contributed by atoms with Gasteiger partial charge in [-0.1, -0.05) is 26.0 Å². The number of likely N-dealkylation sites (N-methyl/N-ethyl adjacent to an activating group) is 1. The van der Waals surface area contributed by atoms with Crippen molar-refractivity contribution in [3.05, 3.63) is 12.2 Å². The second-order valence-corrected chi connectivity index (χ2v) is 6.25. The molecular weight excluding hydrogens is 248 g/mol. The van der Waals surface area contributed by atoms with Crippen molar-refractivity contribution < 1.29 is 0 Å². The maximum Gasteiger partial charge on any atom is 0.191 e. The van der Waals surface area contributed by atoms with Crippen LogP contribution in [-0.4, -0.2) is 50.1 Å². The largest absolute Gasteiger partial charge is 0.357 e. The molecule has 1 atom stereocenters. The molecule has 1 aliphatic carbocycles. The van der Waals surface area contributed by atoms with E-state index in [2.05, 4.69) is 62.6 Å². The zero-order chi connectivity index (χ0) is 15.0. The number of hydrogen-bond donors (Lipinski definition) is 2. The van der Waals surface area contributed by atoms with Crippen molar-refractivity contribution >= 4 is 5.96 Å². The van der Waals surface area contributed by atoms with E-state index in [9.17, 15) is 0 Å². The predicted octanol–water partition coefficient (Wildman–Crippen LogP) is 2.24. The fourth-order valence-electron chi connectivity index (χ4n) is 2.44. The normalized spacial score (nSPS) is 18.1. The zero-order valence-corrected chi connectivity index (χ0v) is 13.8. The minimum atomic E-state index is 0.507. The molecule has 20 heavy (non-hydrogen) atoms. The molecule has 116 valence electrons. The van der Waals surface area contributed by atoms with Crippen molar-refractivity contribution in [3.8, 4) is 0 Å². The van der Waals surface area contributed by atoms with Gasteiger partial charge in [0.15, 0.2) is 5.96 Å². The SMILES string of the molecule is CCNC(=NCC(CC(C)C)N(C)C)NC1CC=CC1. The van der Waals surface area contributed by atoms with Gasteiger partial charge >= 0.3 is 0 Å². The Bertz CT molecular complexity index is 312. The smallest absolute Gasteiger partial charge is 0.191 e. The summed E-state index contributed by atoms with van der Waals surface area (Å²) in [5.74, 6) is 1.66. The molecule has 0 fully saturated rings. The van der Waals surface area contributed by atoms with Crippen LogP contribution in [0.5, 0.6) is 0 Å². The molecule has 4 heteroatoms. The lowest BCUT2D eigenvalue weighted by atomic mass is 10.0. The van der Waals surface area contributed by atoms with Crippen LogP contribution in [0.4, 0.5) is 0 Å². The van der Waals surface area contributed by atoms with Crippen molar-refractivity contribution in [1.82, 2.24) is 15.5 Å². The number of nitrogens with one attached hydrogen (secondary N) is 2. The second kappa shape index (κ2) is 9.01. The van der Waals surface area contributed by atoms with Gasteiger partial charge in [-0.25, -0.2) is 0 Å². The highest BCUT2D eigenvalue weighted by molar-refractivity contribution is 5.80. The maximum atomic E-state index is 4.78. The average Bonchev–Trinajstić information content (AvgIpc) is 2.86. The summed E-state index contributed by atoms with van der Waals surface area (Å²) in [6, 6.07) is 1.02. The molecule has 4 nitrogen and oxygen atoms in total. The van der Waals surface area contributed by atoms with Gasteiger partial charge in [-0.3, -0.25) is 4.99 Å². The lowest BCUT2D eigenvalue weighted by Gasteiger charge is -2.25. The summed E-state index contributed by atoms with van der Waals surface area (Å²) < 4.78 is 0. The van der Waals surface area contributed by atoms with Crippen LogP contribution in [0.15, 0.2) is 17.1 Å². The third kappa shape index (κ3) is 6.42. The van der Waals surface area contributed by atoms with E-state index in [0.717, 1.165) is 31.9 Å². The van der Waals surface area contributed by atoms with Gasteiger partial charge in [-0.05, 0) is 46.2 Å². The molecule has 0 saturated heterocycles. The minimum Gasteiger partial charge on any atom is -0.357 e. The van der Waals surface area contributed by atoms with Crippen LogP contribution >= 0.6 is 0 Å². The lowest BCUT2D eigenvalue weighted by Crippen LogP contribution is -2.43. The number of aliphatic imine (C=N–C) groups is 1. The van der Waals surface area contributed by atoms with Crippen LogP contribution in [0, 0.1) is 5.92 Å². The molecule has 1 unspecified atom stereocenters. The highest BCUT2D eigenvalue weighted by atomic mass is 15.2. The first kappa shape index (κ1) is 17.0. The maximum absolute atomic E-state index is 4.78. The first-order valence-electron chi connectivity index (χ1n) is 7.89. The second-order valence-electron chi connectivity index (χ2n) is 6.25. The Balaban J connectivity index is 2.54. The fourth-order valence-corrected chi connectivity index (χ4v) is 2.44.